The third-order valence-corrected chi connectivity index (χ3v) is 11.0. The van der Waals surface area contributed by atoms with Gasteiger partial charge in [0.1, 0.15) is 13.2 Å². The van der Waals surface area contributed by atoms with Crippen molar-refractivity contribution < 1.29 is 28.6 Å². The van der Waals surface area contributed by atoms with E-state index >= 15 is 0 Å². The largest absolute Gasteiger partial charge is 0.462 e. The van der Waals surface area contributed by atoms with Gasteiger partial charge in [0.05, 0.1) is 0 Å². The molecule has 0 aromatic carbocycles. The number of carbonyl (C=O) groups is 3. The lowest BCUT2D eigenvalue weighted by molar-refractivity contribution is -0.167. The van der Waals surface area contributed by atoms with Crippen molar-refractivity contribution >= 4 is 17.9 Å². The van der Waals surface area contributed by atoms with Gasteiger partial charge in [-0.15, -0.1) is 0 Å². The molecule has 326 valence electrons. The predicted molar refractivity (Wildman–Crippen MR) is 233 cm³/mol. The van der Waals surface area contributed by atoms with Crippen LogP contribution in [0.5, 0.6) is 0 Å². The fraction of sp³-hybridized carbons (Fsp3) is 0.939. The van der Waals surface area contributed by atoms with Gasteiger partial charge in [-0.3, -0.25) is 14.4 Å². The van der Waals surface area contributed by atoms with E-state index in [1.807, 2.05) is 0 Å². The van der Waals surface area contributed by atoms with Crippen LogP contribution >= 0.6 is 0 Å². The average Bonchev–Trinajstić information content (AvgIpc) is 3.15. The van der Waals surface area contributed by atoms with Gasteiger partial charge in [-0.05, 0) is 31.1 Å². The molecule has 0 aromatic heterocycles. The van der Waals surface area contributed by atoms with Crippen LogP contribution in [0.1, 0.15) is 266 Å². The number of rotatable bonds is 43. The molecular weight excluding hydrogens is 685 g/mol. The van der Waals surface area contributed by atoms with Gasteiger partial charge >= 0.3 is 17.9 Å². The molecule has 0 aliphatic heterocycles. The second-order valence-corrected chi connectivity index (χ2v) is 17.7. The van der Waals surface area contributed by atoms with Gasteiger partial charge in [-0.1, -0.05) is 227 Å². The normalized spacial score (nSPS) is 12.1. The van der Waals surface area contributed by atoms with Crippen LogP contribution in [0.3, 0.4) is 0 Å². The smallest absolute Gasteiger partial charge is 0.306 e. The third-order valence-electron chi connectivity index (χ3n) is 11.0. The summed E-state index contributed by atoms with van der Waals surface area (Å²) in [6, 6.07) is 0. The maximum Gasteiger partial charge on any atom is 0.306 e. The standard InChI is InChI=1S/C49H94O6/c1-6-7-8-9-10-11-12-13-14-15-16-17-24-29-34-39-47(50)53-42-46(55-49(52)41-36-31-26-21-19-23-28-33-38-45(4)5)43-54-48(51)40-35-30-25-20-18-22-27-32-37-44(2)3/h44-46H,6-43H2,1-5H3/t46-/m1/s1. The molecule has 0 rings (SSSR count). The summed E-state index contributed by atoms with van der Waals surface area (Å²) in [7, 11) is 0. The molecule has 0 heterocycles. The molecule has 0 bridgehead atoms. The maximum absolute atomic E-state index is 12.7. The average molecular weight is 779 g/mol. The van der Waals surface area contributed by atoms with Crippen LogP contribution in [0, 0.1) is 11.8 Å². The second-order valence-electron chi connectivity index (χ2n) is 17.7. The lowest BCUT2D eigenvalue weighted by Gasteiger charge is -2.18. The van der Waals surface area contributed by atoms with Crippen molar-refractivity contribution in [1.82, 2.24) is 0 Å². The fourth-order valence-electron chi connectivity index (χ4n) is 7.28. The Morgan fingerprint density at radius 1 is 0.345 bits per heavy atom. The van der Waals surface area contributed by atoms with Gasteiger partial charge in [0.25, 0.3) is 0 Å². The minimum Gasteiger partial charge on any atom is -0.462 e. The Morgan fingerprint density at radius 3 is 0.891 bits per heavy atom. The Morgan fingerprint density at radius 2 is 0.600 bits per heavy atom. The highest BCUT2D eigenvalue weighted by Crippen LogP contribution is 2.17. The van der Waals surface area contributed by atoms with Crippen molar-refractivity contribution in [3.8, 4) is 0 Å². The Kier molecular flexibility index (Phi) is 40.8. The van der Waals surface area contributed by atoms with E-state index in [-0.39, 0.29) is 31.1 Å². The molecule has 0 spiro atoms. The Bertz CT molecular complexity index is 839. The van der Waals surface area contributed by atoms with Gasteiger partial charge < -0.3 is 14.2 Å². The minimum atomic E-state index is -0.761. The highest BCUT2D eigenvalue weighted by atomic mass is 16.6. The van der Waals surface area contributed by atoms with Crippen LogP contribution in [-0.2, 0) is 28.6 Å². The molecule has 0 unspecified atom stereocenters. The predicted octanol–water partition coefficient (Wildman–Crippen LogP) is 15.4. The van der Waals surface area contributed by atoms with Crippen LogP contribution in [0.2, 0.25) is 0 Å². The highest BCUT2D eigenvalue weighted by Gasteiger charge is 2.19. The van der Waals surface area contributed by atoms with E-state index in [1.54, 1.807) is 0 Å². The van der Waals surface area contributed by atoms with Gasteiger partial charge in [-0.25, -0.2) is 0 Å². The van der Waals surface area contributed by atoms with Crippen LogP contribution in [0.25, 0.3) is 0 Å². The molecule has 0 saturated heterocycles. The molecule has 55 heavy (non-hydrogen) atoms. The zero-order valence-electron chi connectivity index (χ0n) is 37.6. The van der Waals surface area contributed by atoms with Gasteiger partial charge in [-0.2, -0.15) is 0 Å². The van der Waals surface area contributed by atoms with Gasteiger partial charge in [0.15, 0.2) is 6.10 Å². The molecule has 0 N–H and O–H groups in total. The first-order valence-electron chi connectivity index (χ1n) is 24.2. The lowest BCUT2D eigenvalue weighted by atomic mass is 10.0. The van der Waals surface area contributed by atoms with Gasteiger partial charge in [0, 0.05) is 19.3 Å². The van der Waals surface area contributed by atoms with E-state index in [2.05, 4.69) is 34.6 Å². The second kappa shape index (κ2) is 42.0. The van der Waals surface area contributed by atoms with Crippen LogP contribution in [0.15, 0.2) is 0 Å². The molecular formula is C49H94O6. The van der Waals surface area contributed by atoms with Crippen molar-refractivity contribution in [3.05, 3.63) is 0 Å². The summed E-state index contributed by atoms with van der Waals surface area (Å²) in [6.07, 6.45) is 41.0. The van der Waals surface area contributed by atoms with E-state index in [9.17, 15) is 14.4 Å². The monoisotopic (exact) mass is 779 g/mol. The summed E-state index contributed by atoms with van der Waals surface area (Å²) in [5, 5.41) is 0. The lowest BCUT2D eigenvalue weighted by Crippen LogP contribution is -2.30. The zero-order valence-corrected chi connectivity index (χ0v) is 37.6. The summed E-state index contributed by atoms with van der Waals surface area (Å²) in [5.41, 5.74) is 0. The molecule has 0 aromatic rings. The number of ether oxygens (including phenoxy) is 3. The molecule has 6 nitrogen and oxygen atoms in total. The Hall–Kier alpha value is -1.59. The van der Waals surface area contributed by atoms with Crippen molar-refractivity contribution in [2.24, 2.45) is 11.8 Å². The van der Waals surface area contributed by atoms with Crippen molar-refractivity contribution in [3.63, 3.8) is 0 Å². The molecule has 0 amide bonds. The SMILES string of the molecule is CCCCCCCCCCCCCCCCCC(=O)OC[C@H](COC(=O)CCCCCCCCCCC(C)C)OC(=O)CCCCCCCCCCC(C)C. The summed E-state index contributed by atoms with van der Waals surface area (Å²) in [6.45, 7) is 11.3. The quantitative estimate of drug-likeness (QED) is 0.0348. The first-order valence-corrected chi connectivity index (χ1v) is 24.2. The van der Waals surface area contributed by atoms with Gasteiger partial charge in [0.2, 0.25) is 0 Å². The number of carbonyl (C=O) groups excluding carboxylic acids is 3. The molecule has 1 atom stereocenters. The maximum atomic E-state index is 12.7. The number of hydrogen-bond acceptors (Lipinski definition) is 6. The molecule has 6 heteroatoms. The number of esters is 3. The van der Waals surface area contributed by atoms with E-state index in [0.717, 1.165) is 69.6 Å². The molecule has 0 aliphatic carbocycles. The zero-order chi connectivity index (χ0) is 40.5. The number of hydrogen-bond donors (Lipinski definition) is 0. The van der Waals surface area contributed by atoms with Crippen LogP contribution in [0.4, 0.5) is 0 Å². The molecule has 0 aliphatic rings. The first kappa shape index (κ1) is 53.4. The highest BCUT2D eigenvalue weighted by molar-refractivity contribution is 5.71. The molecule has 0 saturated carbocycles. The molecule has 0 fully saturated rings. The Balaban J connectivity index is 4.30. The molecule has 0 radical (unpaired) electrons. The van der Waals surface area contributed by atoms with E-state index in [0.29, 0.717) is 19.3 Å². The van der Waals surface area contributed by atoms with E-state index in [1.165, 1.54) is 154 Å². The topological polar surface area (TPSA) is 78.9 Å². The van der Waals surface area contributed by atoms with E-state index in [4.69, 9.17) is 14.2 Å². The number of unbranched alkanes of at least 4 members (excludes halogenated alkanes) is 28. The van der Waals surface area contributed by atoms with E-state index < -0.39 is 6.10 Å². The third kappa shape index (κ3) is 43.4. The summed E-state index contributed by atoms with van der Waals surface area (Å²) in [4.78, 5) is 37.8. The van der Waals surface area contributed by atoms with Crippen LogP contribution < -0.4 is 0 Å². The van der Waals surface area contributed by atoms with Crippen LogP contribution in [-0.4, -0.2) is 37.2 Å². The van der Waals surface area contributed by atoms with Crippen molar-refractivity contribution in [1.29, 1.82) is 0 Å². The fourth-order valence-corrected chi connectivity index (χ4v) is 7.28. The first-order chi connectivity index (χ1) is 26.7. The minimum absolute atomic E-state index is 0.0649. The summed E-state index contributed by atoms with van der Waals surface area (Å²) in [5.74, 6) is 0.733. The van der Waals surface area contributed by atoms with Crippen molar-refractivity contribution in [2.75, 3.05) is 13.2 Å². The summed E-state index contributed by atoms with van der Waals surface area (Å²) < 4.78 is 16.7. The Labute approximate surface area is 342 Å². The summed E-state index contributed by atoms with van der Waals surface area (Å²) >= 11 is 0. The van der Waals surface area contributed by atoms with Crippen molar-refractivity contribution in [2.45, 2.75) is 272 Å².